The maximum Gasteiger partial charge on any atom is 0.289 e. The van der Waals surface area contributed by atoms with Gasteiger partial charge in [-0.05, 0) is 37.1 Å². The molecule has 1 amide bonds. The van der Waals surface area contributed by atoms with Crippen molar-refractivity contribution in [3.05, 3.63) is 59.0 Å². The number of hydrogen-bond acceptors (Lipinski definition) is 2. The number of hydrogen-bond donors (Lipinski definition) is 0. The lowest BCUT2D eigenvalue weighted by Crippen LogP contribution is -2.26. The van der Waals surface area contributed by atoms with Crippen LogP contribution in [0, 0.1) is 13.8 Å². The molecule has 0 unspecified atom stereocenters. The van der Waals surface area contributed by atoms with E-state index in [-0.39, 0.29) is 5.91 Å². The molecule has 94 valence electrons. The highest BCUT2D eigenvalue weighted by Crippen LogP contribution is 2.14. The summed E-state index contributed by atoms with van der Waals surface area (Å²) in [6, 6.07) is 9.66. The van der Waals surface area contributed by atoms with Crippen LogP contribution in [0.15, 0.2) is 41.0 Å². The van der Waals surface area contributed by atoms with Gasteiger partial charge in [0.25, 0.3) is 5.91 Å². The van der Waals surface area contributed by atoms with Gasteiger partial charge in [-0.3, -0.25) is 4.79 Å². The second-order valence-corrected chi connectivity index (χ2v) is 4.57. The highest BCUT2D eigenvalue weighted by Gasteiger charge is 2.15. The Bertz CT molecular complexity index is 544. The molecule has 0 fully saturated rings. The van der Waals surface area contributed by atoms with Crippen LogP contribution >= 0.6 is 0 Å². The summed E-state index contributed by atoms with van der Waals surface area (Å²) in [7, 11) is 1.78. The highest BCUT2D eigenvalue weighted by molar-refractivity contribution is 5.91. The number of amides is 1. The third kappa shape index (κ3) is 2.62. The summed E-state index contributed by atoms with van der Waals surface area (Å²) >= 11 is 0. The van der Waals surface area contributed by atoms with Crippen molar-refractivity contribution in [1.82, 2.24) is 4.90 Å². The molecular weight excluding hydrogens is 226 g/mol. The first-order chi connectivity index (χ1) is 8.58. The lowest BCUT2D eigenvalue weighted by Gasteiger charge is -2.17. The first kappa shape index (κ1) is 12.4. The predicted molar refractivity (Wildman–Crippen MR) is 70.4 cm³/mol. The largest absolute Gasteiger partial charge is 0.459 e. The summed E-state index contributed by atoms with van der Waals surface area (Å²) in [5.41, 5.74) is 3.59. The van der Waals surface area contributed by atoms with E-state index >= 15 is 0 Å². The van der Waals surface area contributed by atoms with Gasteiger partial charge in [0.15, 0.2) is 5.76 Å². The summed E-state index contributed by atoms with van der Waals surface area (Å²) < 4.78 is 5.11. The Morgan fingerprint density at radius 2 is 2.06 bits per heavy atom. The Hall–Kier alpha value is -2.03. The summed E-state index contributed by atoms with van der Waals surface area (Å²) in [5, 5.41) is 0. The van der Waals surface area contributed by atoms with Crippen molar-refractivity contribution in [2.75, 3.05) is 7.05 Å². The molecule has 1 aromatic carbocycles. The van der Waals surface area contributed by atoms with Gasteiger partial charge in [0.2, 0.25) is 0 Å². The zero-order chi connectivity index (χ0) is 13.1. The summed E-state index contributed by atoms with van der Waals surface area (Å²) in [6.45, 7) is 4.72. The number of carbonyl (C=O) groups is 1. The van der Waals surface area contributed by atoms with Crippen LogP contribution in [-0.4, -0.2) is 17.9 Å². The fourth-order valence-electron chi connectivity index (χ4n) is 1.94. The number of nitrogens with zero attached hydrogens (tertiary/aromatic N) is 1. The van der Waals surface area contributed by atoms with E-state index in [1.807, 2.05) is 0 Å². The van der Waals surface area contributed by atoms with E-state index in [1.54, 1.807) is 24.1 Å². The average Bonchev–Trinajstić information content (AvgIpc) is 2.85. The minimum absolute atomic E-state index is 0.0972. The van der Waals surface area contributed by atoms with Crippen LogP contribution in [0.5, 0.6) is 0 Å². The van der Waals surface area contributed by atoms with Crippen molar-refractivity contribution < 1.29 is 9.21 Å². The van der Waals surface area contributed by atoms with Gasteiger partial charge in [-0.15, -0.1) is 0 Å². The predicted octanol–water partition coefficient (Wildman–Crippen LogP) is 3.17. The summed E-state index contributed by atoms with van der Waals surface area (Å²) in [5.74, 6) is 0.280. The zero-order valence-electron chi connectivity index (χ0n) is 10.9. The lowest BCUT2D eigenvalue weighted by atomic mass is 10.1. The molecule has 1 aromatic heterocycles. The van der Waals surface area contributed by atoms with Crippen LogP contribution in [0.3, 0.4) is 0 Å². The van der Waals surface area contributed by atoms with Crippen LogP contribution in [0.25, 0.3) is 0 Å². The molecular formula is C15H17NO2. The Balaban J connectivity index is 2.11. The van der Waals surface area contributed by atoms with Crippen LogP contribution < -0.4 is 0 Å². The van der Waals surface area contributed by atoms with E-state index in [1.165, 1.54) is 17.4 Å². The topological polar surface area (TPSA) is 33.5 Å². The first-order valence-corrected chi connectivity index (χ1v) is 5.93. The minimum Gasteiger partial charge on any atom is -0.459 e. The zero-order valence-corrected chi connectivity index (χ0v) is 10.9. The summed E-state index contributed by atoms with van der Waals surface area (Å²) in [6.07, 6.45) is 1.51. The maximum atomic E-state index is 12.0. The molecule has 0 aliphatic heterocycles. The number of rotatable bonds is 3. The second kappa shape index (κ2) is 5.08. The second-order valence-electron chi connectivity index (χ2n) is 4.57. The standard InChI is InChI=1S/C15H17NO2/c1-11-6-7-13(12(2)9-11)10-16(3)15(17)14-5-4-8-18-14/h4-9H,10H2,1-3H3. The van der Waals surface area contributed by atoms with Gasteiger partial charge >= 0.3 is 0 Å². The molecule has 18 heavy (non-hydrogen) atoms. The molecule has 1 heterocycles. The quantitative estimate of drug-likeness (QED) is 0.829. The van der Waals surface area contributed by atoms with Gasteiger partial charge in [-0.2, -0.15) is 0 Å². The Labute approximate surface area is 107 Å². The van der Waals surface area contributed by atoms with E-state index in [2.05, 4.69) is 32.0 Å². The normalized spacial score (nSPS) is 10.4. The highest BCUT2D eigenvalue weighted by atomic mass is 16.3. The number of benzene rings is 1. The van der Waals surface area contributed by atoms with Gasteiger partial charge in [0, 0.05) is 13.6 Å². The third-order valence-corrected chi connectivity index (χ3v) is 2.98. The Morgan fingerprint density at radius 1 is 1.28 bits per heavy atom. The summed E-state index contributed by atoms with van der Waals surface area (Å²) in [4.78, 5) is 13.7. The Kier molecular flexibility index (Phi) is 3.51. The third-order valence-electron chi connectivity index (χ3n) is 2.98. The molecule has 0 radical (unpaired) electrons. The molecule has 3 nitrogen and oxygen atoms in total. The van der Waals surface area contributed by atoms with Gasteiger partial charge < -0.3 is 9.32 Å². The molecule has 0 aliphatic carbocycles. The molecule has 0 aliphatic rings. The van der Waals surface area contributed by atoms with Crippen molar-refractivity contribution in [2.45, 2.75) is 20.4 Å². The van der Waals surface area contributed by atoms with Crippen molar-refractivity contribution >= 4 is 5.91 Å². The fourth-order valence-corrected chi connectivity index (χ4v) is 1.94. The fraction of sp³-hybridized carbons (Fsp3) is 0.267. The smallest absolute Gasteiger partial charge is 0.289 e. The van der Waals surface area contributed by atoms with Crippen LogP contribution in [0.1, 0.15) is 27.2 Å². The average molecular weight is 243 g/mol. The monoisotopic (exact) mass is 243 g/mol. The molecule has 0 saturated heterocycles. The van der Waals surface area contributed by atoms with Crippen LogP contribution in [0.2, 0.25) is 0 Å². The van der Waals surface area contributed by atoms with E-state index in [4.69, 9.17) is 4.42 Å². The number of aryl methyl sites for hydroxylation is 2. The van der Waals surface area contributed by atoms with Gasteiger partial charge in [0.1, 0.15) is 0 Å². The first-order valence-electron chi connectivity index (χ1n) is 5.93. The van der Waals surface area contributed by atoms with Crippen molar-refractivity contribution in [3.8, 4) is 0 Å². The van der Waals surface area contributed by atoms with E-state index in [0.717, 1.165) is 5.56 Å². The minimum atomic E-state index is -0.0972. The van der Waals surface area contributed by atoms with Crippen LogP contribution in [0.4, 0.5) is 0 Å². The van der Waals surface area contributed by atoms with Crippen molar-refractivity contribution in [1.29, 1.82) is 0 Å². The molecule has 2 rings (SSSR count). The van der Waals surface area contributed by atoms with Crippen molar-refractivity contribution in [3.63, 3.8) is 0 Å². The lowest BCUT2D eigenvalue weighted by molar-refractivity contribution is 0.0753. The van der Waals surface area contributed by atoms with E-state index in [9.17, 15) is 4.79 Å². The van der Waals surface area contributed by atoms with Gasteiger partial charge in [-0.25, -0.2) is 0 Å². The van der Waals surface area contributed by atoms with E-state index in [0.29, 0.717) is 12.3 Å². The van der Waals surface area contributed by atoms with Gasteiger partial charge in [-0.1, -0.05) is 23.8 Å². The molecule has 2 aromatic rings. The number of furan rings is 1. The molecule has 0 saturated carbocycles. The molecule has 0 bridgehead atoms. The van der Waals surface area contributed by atoms with Crippen molar-refractivity contribution in [2.24, 2.45) is 0 Å². The molecule has 0 spiro atoms. The SMILES string of the molecule is Cc1ccc(CN(C)C(=O)c2ccco2)c(C)c1. The number of carbonyl (C=O) groups excluding carboxylic acids is 1. The molecule has 0 atom stereocenters. The van der Waals surface area contributed by atoms with Gasteiger partial charge in [0.05, 0.1) is 6.26 Å². The maximum absolute atomic E-state index is 12.0. The van der Waals surface area contributed by atoms with Crippen LogP contribution in [-0.2, 0) is 6.54 Å². The Morgan fingerprint density at radius 3 is 2.67 bits per heavy atom. The molecule has 3 heteroatoms. The van der Waals surface area contributed by atoms with E-state index < -0.39 is 0 Å². The molecule has 0 N–H and O–H groups in total.